The summed E-state index contributed by atoms with van der Waals surface area (Å²) in [6.45, 7) is 0. The maximum absolute atomic E-state index is 12.7. The maximum atomic E-state index is 12.7. The predicted octanol–water partition coefficient (Wildman–Crippen LogP) is 2.77. The summed E-state index contributed by atoms with van der Waals surface area (Å²) >= 11 is 3.28. The topological polar surface area (TPSA) is 17.8 Å². The first-order chi connectivity index (χ1) is 6.27. The van der Waals surface area contributed by atoms with Crippen molar-refractivity contribution in [1.82, 2.24) is 9.55 Å². The Kier molecular flexibility index (Phi) is 2.14. The van der Waals surface area contributed by atoms with Crippen LogP contribution in [0.1, 0.15) is 0 Å². The normalized spacial score (nSPS) is 10.3. The van der Waals surface area contributed by atoms with Gasteiger partial charge in [0.1, 0.15) is 5.82 Å². The molecular formula is C9H6BrFN2. The Bertz CT molecular complexity index is 412. The third kappa shape index (κ3) is 1.62. The molecule has 0 unspecified atom stereocenters. The van der Waals surface area contributed by atoms with Crippen LogP contribution in [0.4, 0.5) is 4.39 Å². The fraction of sp³-hybridized carbons (Fsp3) is 0. The number of hydrogen-bond donors (Lipinski definition) is 0. The fourth-order valence-electron chi connectivity index (χ4n) is 1.09. The van der Waals surface area contributed by atoms with E-state index in [1.807, 2.05) is 4.57 Å². The van der Waals surface area contributed by atoms with Crippen molar-refractivity contribution in [1.29, 1.82) is 0 Å². The highest BCUT2D eigenvalue weighted by molar-refractivity contribution is 9.10. The average Bonchev–Trinajstić information content (AvgIpc) is 2.56. The summed E-state index contributed by atoms with van der Waals surface area (Å²) in [7, 11) is 0. The van der Waals surface area contributed by atoms with Gasteiger partial charge in [-0.05, 0) is 34.1 Å². The first-order valence-corrected chi connectivity index (χ1v) is 4.50. The number of aromatic nitrogens is 2. The van der Waals surface area contributed by atoms with Crippen molar-refractivity contribution in [2.45, 2.75) is 0 Å². The van der Waals surface area contributed by atoms with Gasteiger partial charge in [-0.1, -0.05) is 0 Å². The summed E-state index contributed by atoms with van der Waals surface area (Å²) in [5.74, 6) is -0.254. The zero-order valence-electron chi connectivity index (χ0n) is 6.61. The molecule has 0 amide bonds. The molecule has 0 fully saturated rings. The molecule has 0 radical (unpaired) electrons. The summed E-state index contributed by atoms with van der Waals surface area (Å²) in [6, 6.07) is 4.54. The highest BCUT2D eigenvalue weighted by Gasteiger charge is 2.02. The average molecular weight is 241 g/mol. The molecule has 2 nitrogen and oxygen atoms in total. The van der Waals surface area contributed by atoms with Crippen molar-refractivity contribution in [3.8, 4) is 5.69 Å². The van der Waals surface area contributed by atoms with Crippen LogP contribution in [0.5, 0.6) is 0 Å². The lowest BCUT2D eigenvalue weighted by atomic mass is 10.3. The van der Waals surface area contributed by atoms with Gasteiger partial charge in [0.2, 0.25) is 0 Å². The Hall–Kier alpha value is -1.16. The highest BCUT2D eigenvalue weighted by atomic mass is 79.9. The smallest absolute Gasteiger partial charge is 0.124 e. The molecule has 0 saturated heterocycles. The minimum atomic E-state index is -0.254. The molecular weight excluding hydrogens is 235 g/mol. The molecule has 2 aromatic rings. The van der Waals surface area contributed by atoms with Gasteiger partial charge in [0, 0.05) is 16.9 Å². The van der Waals surface area contributed by atoms with Gasteiger partial charge in [0.25, 0.3) is 0 Å². The van der Waals surface area contributed by atoms with Crippen molar-refractivity contribution in [3.05, 3.63) is 47.2 Å². The van der Waals surface area contributed by atoms with Gasteiger partial charge in [-0.25, -0.2) is 9.37 Å². The van der Waals surface area contributed by atoms with E-state index in [1.54, 1.807) is 24.8 Å². The van der Waals surface area contributed by atoms with E-state index < -0.39 is 0 Å². The lowest BCUT2D eigenvalue weighted by molar-refractivity contribution is 0.626. The molecule has 0 bridgehead atoms. The number of halogens is 2. The Morgan fingerprint density at radius 2 is 2.23 bits per heavy atom. The maximum Gasteiger partial charge on any atom is 0.124 e. The van der Waals surface area contributed by atoms with Gasteiger partial charge in [-0.15, -0.1) is 0 Å². The Balaban J connectivity index is 2.53. The standard InChI is InChI=1S/C9H6BrFN2/c10-8-5-7(11)1-2-9(8)13-4-3-12-6-13/h1-6H. The van der Waals surface area contributed by atoms with Gasteiger partial charge in [-0.2, -0.15) is 0 Å². The van der Waals surface area contributed by atoms with Crippen LogP contribution in [-0.2, 0) is 0 Å². The molecule has 0 N–H and O–H groups in total. The van der Waals surface area contributed by atoms with Crippen molar-refractivity contribution >= 4 is 15.9 Å². The lowest BCUT2D eigenvalue weighted by Crippen LogP contribution is -1.91. The molecule has 1 aromatic carbocycles. The monoisotopic (exact) mass is 240 g/mol. The van der Waals surface area contributed by atoms with Gasteiger partial charge in [0.15, 0.2) is 0 Å². The summed E-state index contributed by atoms with van der Waals surface area (Å²) in [4.78, 5) is 3.91. The Labute approximate surface area is 83.2 Å². The number of imidazole rings is 1. The lowest BCUT2D eigenvalue weighted by Gasteiger charge is -2.04. The molecule has 13 heavy (non-hydrogen) atoms. The van der Waals surface area contributed by atoms with Crippen LogP contribution in [0.15, 0.2) is 41.4 Å². The minimum absolute atomic E-state index is 0.254. The van der Waals surface area contributed by atoms with Crippen LogP contribution in [0.2, 0.25) is 0 Å². The van der Waals surface area contributed by atoms with Gasteiger partial charge >= 0.3 is 0 Å². The Morgan fingerprint density at radius 1 is 1.38 bits per heavy atom. The zero-order chi connectivity index (χ0) is 9.26. The first-order valence-electron chi connectivity index (χ1n) is 3.71. The summed E-state index contributed by atoms with van der Waals surface area (Å²) in [5.41, 5.74) is 0.874. The zero-order valence-corrected chi connectivity index (χ0v) is 8.20. The van der Waals surface area contributed by atoms with E-state index in [-0.39, 0.29) is 5.82 Å². The number of benzene rings is 1. The van der Waals surface area contributed by atoms with Crippen LogP contribution in [-0.4, -0.2) is 9.55 Å². The molecule has 0 aliphatic heterocycles. The number of rotatable bonds is 1. The summed E-state index contributed by atoms with van der Waals surface area (Å²) in [6.07, 6.45) is 5.14. The van der Waals surface area contributed by atoms with Gasteiger partial charge in [0.05, 0.1) is 12.0 Å². The third-order valence-electron chi connectivity index (χ3n) is 1.69. The van der Waals surface area contributed by atoms with Crippen LogP contribution in [0, 0.1) is 5.82 Å². The third-order valence-corrected chi connectivity index (χ3v) is 2.33. The predicted molar refractivity (Wildman–Crippen MR) is 51.2 cm³/mol. The van der Waals surface area contributed by atoms with E-state index in [4.69, 9.17) is 0 Å². The SMILES string of the molecule is Fc1ccc(-n2ccnc2)c(Br)c1. The van der Waals surface area contributed by atoms with E-state index in [9.17, 15) is 4.39 Å². The Morgan fingerprint density at radius 3 is 2.85 bits per heavy atom. The molecule has 1 heterocycles. The van der Waals surface area contributed by atoms with Crippen molar-refractivity contribution in [2.24, 2.45) is 0 Å². The van der Waals surface area contributed by atoms with E-state index >= 15 is 0 Å². The fourth-order valence-corrected chi connectivity index (χ4v) is 1.65. The van der Waals surface area contributed by atoms with Gasteiger partial charge in [-0.3, -0.25) is 0 Å². The molecule has 0 atom stereocenters. The van der Waals surface area contributed by atoms with E-state index in [0.29, 0.717) is 4.47 Å². The largest absolute Gasteiger partial charge is 0.305 e. The van der Waals surface area contributed by atoms with Crippen LogP contribution < -0.4 is 0 Å². The molecule has 0 aliphatic carbocycles. The quantitative estimate of drug-likeness (QED) is 0.750. The summed E-state index contributed by atoms with van der Waals surface area (Å²) < 4.78 is 15.3. The molecule has 2 rings (SSSR count). The molecule has 0 aliphatic rings. The first kappa shape index (κ1) is 8.44. The molecule has 1 aromatic heterocycles. The number of hydrogen-bond acceptors (Lipinski definition) is 1. The van der Waals surface area contributed by atoms with Gasteiger partial charge < -0.3 is 4.57 Å². The molecule has 0 saturated carbocycles. The minimum Gasteiger partial charge on any atom is -0.305 e. The molecule has 0 spiro atoms. The second kappa shape index (κ2) is 3.30. The van der Waals surface area contributed by atoms with Crippen molar-refractivity contribution < 1.29 is 4.39 Å². The number of nitrogens with zero attached hydrogens (tertiary/aromatic N) is 2. The second-order valence-corrected chi connectivity index (χ2v) is 3.42. The van der Waals surface area contributed by atoms with E-state index in [2.05, 4.69) is 20.9 Å². The summed E-state index contributed by atoms with van der Waals surface area (Å²) in [5, 5.41) is 0. The highest BCUT2D eigenvalue weighted by Crippen LogP contribution is 2.21. The van der Waals surface area contributed by atoms with Crippen LogP contribution in [0.3, 0.4) is 0 Å². The van der Waals surface area contributed by atoms with Crippen LogP contribution >= 0.6 is 15.9 Å². The van der Waals surface area contributed by atoms with E-state index in [1.165, 1.54) is 12.1 Å². The molecule has 4 heteroatoms. The molecule has 66 valence electrons. The van der Waals surface area contributed by atoms with Crippen molar-refractivity contribution in [3.63, 3.8) is 0 Å². The van der Waals surface area contributed by atoms with E-state index in [0.717, 1.165) is 5.69 Å². The van der Waals surface area contributed by atoms with Crippen molar-refractivity contribution in [2.75, 3.05) is 0 Å². The second-order valence-electron chi connectivity index (χ2n) is 2.57. The van der Waals surface area contributed by atoms with Crippen LogP contribution in [0.25, 0.3) is 5.69 Å².